The SMILES string of the molecule is CC(=O)N[C@@H](CC(C)C)C(=O)N[C@@H](Cc1ccccc1)C(=O)N[C@@H](CCC[NH+]=C(N)N)[13CH]=O.[Cl-]. The van der Waals surface area contributed by atoms with Gasteiger partial charge in [-0.15, -0.1) is 0 Å². The summed E-state index contributed by atoms with van der Waals surface area (Å²) in [5.74, 6) is -1.02. The molecule has 8 N–H and O–H groups in total. The topological polar surface area (TPSA) is 170 Å². The van der Waals surface area contributed by atoms with Gasteiger partial charge in [0.1, 0.15) is 18.4 Å². The van der Waals surface area contributed by atoms with Crippen molar-refractivity contribution in [3.63, 3.8) is 0 Å². The van der Waals surface area contributed by atoms with E-state index in [9.17, 15) is 19.2 Å². The first-order valence-corrected chi connectivity index (χ1v) is 11.1. The summed E-state index contributed by atoms with van der Waals surface area (Å²) in [6, 6.07) is 6.82. The predicted octanol–water partition coefficient (Wildman–Crippen LogP) is -4.91. The van der Waals surface area contributed by atoms with Crippen LogP contribution >= 0.6 is 0 Å². The smallest absolute Gasteiger partial charge is 0.338 e. The van der Waals surface area contributed by atoms with Gasteiger partial charge in [-0.2, -0.15) is 0 Å². The molecule has 0 unspecified atom stereocenters. The number of nitrogens with two attached hydrogens (primary N) is 2. The third kappa shape index (κ3) is 12.8. The van der Waals surface area contributed by atoms with E-state index in [2.05, 4.69) is 20.9 Å². The van der Waals surface area contributed by atoms with Gasteiger partial charge in [-0.05, 0) is 30.7 Å². The van der Waals surface area contributed by atoms with Crippen LogP contribution in [0.25, 0.3) is 0 Å². The van der Waals surface area contributed by atoms with E-state index < -0.39 is 29.9 Å². The molecule has 1 aromatic rings. The Kier molecular flexibility index (Phi) is 14.9. The second kappa shape index (κ2) is 16.5. The van der Waals surface area contributed by atoms with Gasteiger partial charge in [-0.25, -0.2) is 0 Å². The monoisotopic (exact) mass is 497 g/mol. The fourth-order valence-electron chi connectivity index (χ4n) is 3.29. The van der Waals surface area contributed by atoms with Crippen LogP contribution in [0.15, 0.2) is 30.3 Å². The fourth-order valence-corrected chi connectivity index (χ4v) is 3.29. The molecule has 1 rings (SSSR count). The third-order valence-corrected chi connectivity index (χ3v) is 4.83. The van der Waals surface area contributed by atoms with Gasteiger partial charge in [0, 0.05) is 13.3 Å². The molecule has 0 aliphatic rings. The van der Waals surface area contributed by atoms with Gasteiger partial charge in [0.25, 0.3) is 0 Å². The van der Waals surface area contributed by atoms with Gasteiger partial charge in [0.2, 0.25) is 17.7 Å². The average molecular weight is 498 g/mol. The molecular weight excluding hydrogens is 461 g/mol. The summed E-state index contributed by atoms with van der Waals surface area (Å²) in [7, 11) is 0. The molecule has 0 aliphatic heterocycles. The number of hydrogen-bond acceptors (Lipinski definition) is 4. The maximum Gasteiger partial charge on any atom is 0.338 e. The zero-order valence-electron chi connectivity index (χ0n) is 20.0. The predicted molar refractivity (Wildman–Crippen MR) is 126 cm³/mol. The van der Waals surface area contributed by atoms with Crippen molar-refractivity contribution < 1.29 is 36.6 Å². The Morgan fingerprint density at radius 3 is 2.15 bits per heavy atom. The number of nitrogens with one attached hydrogen (secondary N) is 4. The van der Waals surface area contributed by atoms with E-state index in [0.717, 1.165) is 5.56 Å². The van der Waals surface area contributed by atoms with E-state index in [4.69, 9.17) is 11.5 Å². The largest absolute Gasteiger partial charge is 1.00 e. The number of amides is 3. The number of carbonyl (C=O) groups excluding carboxylic acids is 4. The van der Waals surface area contributed by atoms with Crippen LogP contribution in [0.1, 0.15) is 45.6 Å². The number of halogens is 1. The number of guanidine groups is 1. The molecule has 34 heavy (non-hydrogen) atoms. The van der Waals surface area contributed by atoms with Crippen LogP contribution in [0.4, 0.5) is 0 Å². The number of hydrogen-bond donors (Lipinski definition) is 6. The zero-order valence-corrected chi connectivity index (χ0v) is 20.7. The van der Waals surface area contributed by atoms with E-state index in [1.807, 2.05) is 44.2 Å². The van der Waals surface area contributed by atoms with E-state index in [1.165, 1.54) is 6.92 Å². The second-order valence-electron chi connectivity index (χ2n) is 8.41. The highest BCUT2D eigenvalue weighted by Crippen LogP contribution is 2.08. The lowest BCUT2D eigenvalue weighted by molar-refractivity contribution is -0.459. The molecule has 11 heteroatoms. The van der Waals surface area contributed by atoms with Gasteiger partial charge in [-0.3, -0.25) is 30.8 Å². The molecule has 0 aliphatic carbocycles. The Balaban J connectivity index is 0.0000109. The van der Waals surface area contributed by atoms with Crippen LogP contribution in [0, 0.1) is 5.92 Å². The summed E-state index contributed by atoms with van der Waals surface area (Å²) in [5.41, 5.74) is 11.5. The van der Waals surface area contributed by atoms with Crippen molar-refractivity contribution >= 4 is 30.0 Å². The maximum atomic E-state index is 13.0. The van der Waals surface area contributed by atoms with Crippen LogP contribution in [0.3, 0.4) is 0 Å². The molecule has 0 radical (unpaired) electrons. The van der Waals surface area contributed by atoms with Gasteiger partial charge in [0.15, 0.2) is 0 Å². The van der Waals surface area contributed by atoms with Crippen LogP contribution in [0.2, 0.25) is 0 Å². The normalized spacial score (nSPS) is 12.9. The quantitative estimate of drug-likeness (QED) is 0.0494. The average Bonchev–Trinajstić information content (AvgIpc) is 2.74. The van der Waals surface area contributed by atoms with Gasteiger partial charge in [0.05, 0.1) is 12.6 Å². The fraction of sp³-hybridized carbons (Fsp3) is 0.522. The molecule has 0 saturated carbocycles. The van der Waals surface area contributed by atoms with Crippen LogP contribution in [-0.4, -0.2) is 54.6 Å². The molecule has 0 fully saturated rings. The van der Waals surface area contributed by atoms with Gasteiger partial charge in [-0.1, -0.05) is 44.2 Å². The van der Waals surface area contributed by atoms with Crippen molar-refractivity contribution in [2.24, 2.45) is 17.4 Å². The second-order valence-corrected chi connectivity index (χ2v) is 8.41. The Morgan fingerprint density at radius 2 is 1.62 bits per heavy atom. The lowest BCUT2D eigenvalue weighted by Gasteiger charge is -2.25. The van der Waals surface area contributed by atoms with Crippen molar-refractivity contribution in [1.82, 2.24) is 16.0 Å². The highest BCUT2D eigenvalue weighted by atomic mass is 35.5. The minimum absolute atomic E-state index is 0. The molecule has 3 atom stereocenters. The lowest BCUT2D eigenvalue weighted by Crippen LogP contribution is -3.00. The summed E-state index contributed by atoms with van der Waals surface area (Å²) in [6.07, 6.45) is 2.25. The van der Waals surface area contributed by atoms with Crippen molar-refractivity contribution in [3.8, 4) is 0 Å². The first kappa shape index (κ1) is 30.9. The van der Waals surface area contributed by atoms with Gasteiger partial charge < -0.3 is 33.2 Å². The van der Waals surface area contributed by atoms with E-state index >= 15 is 0 Å². The van der Waals surface area contributed by atoms with E-state index in [1.54, 1.807) is 0 Å². The highest BCUT2D eigenvalue weighted by molar-refractivity contribution is 5.92. The third-order valence-electron chi connectivity index (χ3n) is 4.83. The Morgan fingerprint density at radius 1 is 1.00 bits per heavy atom. The molecular formula is C23H37ClN6O4. The highest BCUT2D eigenvalue weighted by Gasteiger charge is 2.28. The summed E-state index contributed by atoms with van der Waals surface area (Å²) in [5, 5.41) is 8.10. The van der Waals surface area contributed by atoms with E-state index in [-0.39, 0.29) is 36.6 Å². The summed E-state index contributed by atoms with van der Waals surface area (Å²) in [4.78, 5) is 51.8. The van der Waals surface area contributed by atoms with Crippen LogP contribution < -0.4 is 44.8 Å². The summed E-state index contributed by atoms with van der Waals surface area (Å²) in [6.45, 7) is 5.68. The molecule has 0 heterocycles. The van der Waals surface area contributed by atoms with Crippen LogP contribution in [-0.2, 0) is 25.6 Å². The number of rotatable bonds is 14. The molecule has 10 nitrogen and oxygen atoms in total. The first-order valence-electron chi connectivity index (χ1n) is 11.1. The number of benzene rings is 1. The Hall–Kier alpha value is -3.14. The maximum absolute atomic E-state index is 13.0. The Bertz CT molecular complexity index is 815. The summed E-state index contributed by atoms with van der Waals surface area (Å²) >= 11 is 0. The van der Waals surface area contributed by atoms with Crippen molar-refractivity contribution in [3.05, 3.63) is 35.9 Å². The molecule has 1 aromatic carbocycles. The molecule has 0 aromatic heterocycles. The van der Waals surface area contributed by atoms with Crippen molar-refractivity contribution in [2.45, 2.75) is 64.6 Å². The van der Waals surface area contributed by atoms with Crippen LogP contribution in [0.5, 0.6) is 0 Å². The molecule has 0 spiro atoms. The lowest BCUT2D eigenvalue weighted by atomic mass is 10.0. The number of aldehydes is 1. The standard InChI is InChI=1S/C23H36N6O4.ClH/c1-15(2)12-19(27-16(3)31)22(33)29-20(13-17-8-5-4-6-9-17)21(32)28-18(14-30)10-7-11-26-23(24)25;/h4-6,8-9,14-15,18-20H,7,10-13H2,1-3H3,(H,27,31)(H,28,32)(H,29,33)(H4,24,25,26);1H/t18-,19-,20-;/m0./s1/i14+1;. The first-order chi connectivity index (χ1) is 15.6. The Labute approximate surface area is 207 Å². The minimum atomic E-state index is -0.920. The van der Waals surface area contributed by atoms with Crippen molar-refractivity contribution in [1.29, 1.82) is 0 Å². The number of carbonyl (C=O) groups is 4. The summed E-state index contributed by atoms with van der Waals surface area (Å²) < 4.78 is 0. The zero-order chi connectivity index (χ0) is 24.8. The molecule has 0 bridgehead atoms. The van der Waals surface area contributed by atoms with Crippen molar-refractivity contribution in [2.75, 3.05) is 6.54 Å². The molecule has 3 amide bonds. The molecule has 0 saturated heterocycles. The molecule has 190 valence electrons. The van der Waals surface area contributed by atoms with E-state index in [0.29, 0.717) is 32.1 Å². The van der Waals surface area contributed by atoms with Gasteiger partial charge >= 0.3 is 5.96 Å². The minimum Gasteiger partial charge on any atom is -1.00 e.